The third kappa shape index (κ3) is 2.55. The van der Waals surface area contributed by atoms with Gasteiger partial charge in [0.2, 0.25) is 6.04 Å². The Balaban J connectivity index is 2.04. The van der Waals surface area contributed by atoms with Gasteiger partial charge in [0.1, 0.15) is 0 Å². The van der Waals surface area contributed by atoms with E-state index in [0.29, 0.717) is 12.8 Å². The average molecular weight is 313 g/mol. The molecule has 1 N–H and O–H groups in total. The van der Waals surface area contributed by atoms with Gasteiger partial charge < -0.3 is 5.21 Å². The summed E-state index contributed by atoms with van der Waals surface area (Å²) in [4.78, 5) is 0. The van der Waals surface area contributed by atoms with Gasteiger partial charge in [-0.05, 0) is 35.8 Å². The Kier molecular flexibility index (Phi) is 3.58. The van der Waals surface area contributed by atoms with Gasteiger partial charge in [0, 0.05) is 12.8 Å². The van der Waals surface area contributed by atoms with Crippen molar-refractivity contribution in [2.24, 2.45) is 0 Å². The highest BCUT2D eigenvalue weighted by Crippen LogP contribution is 2.30. The lowest BCUT2D eigenvalue weighted by Gasteiger charge is -2.28. The Labute approximate surface area is 125 Å². The molecule has 1 fully saturated rings. The molecule has 1 heterocycles. The van der Waals surface area contributed by atoms with E-state index in [-0.39, 0.29) is 17.3 Å². The first-order chi connectivity index (χ1) is 10.4. The van der Waals surface area contributed by atoms with Crippen LogP contribution in [0.3, 0.4) is 0 Å². The topological polar surface area (TPSA) is 49.3 Å². The van der Waals surface area contributed by atoms with Crippen LogP contribution in [0, 0.1) is 5.21 Å². The van der Waals surface area contributed by atoms with Crippen LogP contribution in [0.15, 0.2) is 24.3 Å². The van der Waals surface area contributed by atoms with Crippen molar-refractivity contribution in [1.82, 2.24) is 0 Å². The maximum absolute atomic E-state index is 12.8. The smallest absolute Gasteiger partial charge is 0.416 e. The third-order valence-corrected chi connectivity index (χ3v) is 4.31. The Hall–Kier alpha value is -2.05. The third-order valence-electron chi connectivity index (χ3n) is 4.31. The summed E-state index contributed by atoms with van der Waals surface area (Å²) in [5, 5.41) is 22.5. The minimum Gasteiger partial charge on any atom is -0.623 e. The SMILES string of the molecule is [O-][N+]1=C(c2cccc(C(F)(F)F)c2)C=[N+](O)[C@H]2CCCC[C@@H]21. The van der Waals surface area contributed by atoms with Gasteiger partial charge in [-0.1, -0.05) is 6.07 Å². The fraction of sp³-hybridized carbons (Fsp3) is 0.467. The van der Waals surface area contributed by atoms with Gasteiger partial charge in [-0.25, -0.2) is 0 Å². The van der Waals surface area contributed by atoms with Crippen molar-refractivity contribution in [2.45, 2.75) is 43.9 Å². The first-order valence-corrected chi connectivity index (χ1v) is 7.21. The minimum absolute atomic E-state index is 0.0664. The molecule has 4 nitrogen and oxygen atoms in total. The summed E-state index contributed by atoms with van der Waals surface area (Å²) in [5.74, 6) is 0. The van der Waals surface area contributed by atoms with Gasteiger partial charge >= 0.3 is 6.18 Å². The van der Waals surface area contributed by atoms with E-state index in [1.165, 1.54) is 18.3 Å². The number of hydrogen-bond donors (Lipinski definition) is 1. The van der Waals surface area contributed by atoms with Crippen LogP contribution in [-0.4, -0.2) is 38.7 Å². The molecule has 1 aliphatic carbocycles. The first-order valence-electron chi connectivity index (χ1n) is 7.21. The lowest BCUT2D eigenvalue weighted by Crippen LogP contribution is -2.51. The maximum Gasteiger partial charge on any atom is 0.416 e. The summed E-state index contributed by atoms with van der Waals surface area (Å²) in [7, 11) is 0. The van der Waals surface area contributed by atoms with Crippen LogP contribution < -0.4 is 0 Å². The summed E-state index contributed by atoms with van der Waals surface area (Å²) in [6.45, 7) is 0. The average Bonchev–Trinajstić information content (AvgIpc) is 2.50. The predicted molar refractivity (Wildman–Crippen MR) is 73.3 cm³/mol. The number of alkyl halides is 3. The maximum atomic E-state index is 12.8. The normalized spacial score (nSPS) is 25.7. The van der Waals surface area contributed by atoms with Crippen molar-refractivity contribution in [3.8, 4) is 0 Å². The molecule has 1 aliphatic heterocycles. The molecule has 1 aromatic carbocycles. The summed E-state index contributed by atoms with van der Waals surface area (Å²) in [6, 6.07) is 3.90. The molecule has 2 atom stereocenters. The van der Waals surface area contributed by atoms with Gasteiger partial charge in [-0.2, -0.15) is 17.9 Å². The molecule has 0 bridgehead atoms. The van der Waals surface area contributed by atoms with Crippen molar-refractivity contribution in [2.75, 3.05) is 0 Å². The summed E-state index contributed by atoms with van der Waals surface area (Å²) in [6.07, 6.45) is -0.101. The molecule has 2 aliphatic rings. The van der Waals surface area contributed by atoms with Gasteiger partial charge in [0.15, 0.2) is 0 Å². The molecule has 7 heteroatoms. The molecule has 0 amide bonds. The number of halogens is 3. The zero-order chi connectivity index (χ0) is 15.9. The van der Waals surface area contributed by atoms with Crippen molar-refractivity contribution in [3.63, 3.8) is 0 Å². The second-order valence-electron chi connectivity index (χ2n) is 5.72. The molecular formula is C15H16F3N2O2+. The minimum atomic E-state index is -4.47. The predicted octanol–water partition coefficient (Wildman–Crippen LogP) is 2.80. The Bertz CT molecular complexity index is 652. The number of nitrogens with zero attached hydrogens (tertiary/aromatic N) is 2. The number of rotatable bonds is 1. The fourth-order valence-corrected chi connectivity index (χ4v) is 3.19. The number of hydrogen-bond acceptors (Lipinski definition) is 2. The number of hydroxylamine groups is 2. The Morgan fingerprint density at radius 3 is 2.50 bits per heavy atom. The molecule has 1 saturated carbocycles. The molecule has 0 spiro atoms. The molecule has 0 aromatic heterocycles. The van der Waals surface area contributed by atoms with E-state index in [1.54, 1.807) is 0 Å². The quantitative estimate of drug-likeness (QED) is 0.492. The standard InChI is InChI=1S/C15H16F3N2O2/c16-15(17,18)11-5-3-4-10(8-11)14-9-19(21)12-6-1-2-7-13(12)20(14)22/h3-5,8-9,12-13,21H,1-2,6-7H2/q+1/t12-,13-/m0/s1. The van der Waals surface area contributed by atoms with E-state index in [0.717, 1.165) is 34.5 Å². The molecule has 0 radical (unpaired) electrons. The van der Waals surface area contributed by atoms with Crippen LogP contribution in [0.4, 0.5) is 13.2 Å². The van der Waals surface area contributed by atoms with Gasteiger partial charge in [-0.3, -0.25) is 5.21 Å². The van der Waals surface area contributed by atoms with Crippen molar-refractivity contribution >= 4 is 11.9 Å². The number of benzene rings is 1. The van der Waals surface area contributed by atoms with Crippen LogP contribution in [0.1, 0.15) is 36.8 Å². The summed E-state index contributed by atoms with van der Waals surface area (Å²) >= 11 is 0. The second kappa shape index (κ2) is 5.30. The highest BCUT2D eigenvalue weighted by atomic mass is 19.4. The second-order valence-corrected chi connectivity index (χ2v) is 5.72. The molecule has 22 heavy (non-hydrogen) atoms. The summed E-state index contributed by atoms with van der Waals surface area (Å²) in [5.41, 5.74) is -0.584. The Morgan fingerprint density at radius 1 is 1.14 bits per heavy atom. The van der Waals surface area contributed by atoms with Gasteiger partial charge in [-0.15, -0.1) is 0 Å². The zero-order valence-corrected chi connectivity index (χ0v) is 11.8. The molecule has 0 saturated heterocycles. The van der Waals surface area contributed by atoms with Crippen LogP contribution >= 0.6 is 0 Å². The van der Waals surface area contributed by atoms with Crippen molar-refractivity contribution < 1.29 is 27.9 Å². The lowest BCUT2D eigenvalue weighted by atomic mass is 9.89. The van der Waals surface area contributed by atoms with E-state index in [2.05, 4.69) is 0 Å². The van der Waals surface area contributed by atoms with E-state index < -0.39 is 17.8 Å². The highest BCUT2D eigenvalue weighted by molar-refractivity contribution is 6.34. The molecular weight excluding hydrogens is 297 g/mol. The van der Waals surface area contributed by atoms with Crippen LogP contribution in [0.25, 0.3) is 0 Å². The molecule has 0 unspecified atom stereocenters. The molecule has 118 valence electrons. The van der Waals surface area contributed by atoms with E-state index in [4.69, 9.17) is 0 Å². The largest absolute Gasteiger partial charge is 0.623 e. The fourth-order valence-electron chi connectivity index (χ4n) is 3.19. The monoisotopic (exact) mass is 313 g/mol. The van der Waals surface area contributed by atoms with E-state index in [9.17, 15) is 23.6 Å². The van der Waals surface area contributed by atoms with Crippen LogP contribution in [0.2, 0.25) is 0 Å². The van der Waals surface area contributed by atoms with Gasteiger partial charge in [0.25, 0.3) is 18.0 Å². The van der Waals surface area contributed by atoms with Crippen molar-refractivity contribution in [3.05, 3.63) is 40.6 Å². The van der Waals surface area contributed by atoms with Crippen molar-refractivity contribution in [1.29, 1.82) is 0 Å². The summed E-state index contributed by atoms with van der Waals surface area (Å²) < 4.78 is 40.2. The van der Waals surface area contributed by atoms with Gasteiger partial charge in [0.05, 0.1) is 11.1 Å². The molecule has 3 rings (SSSR count). The number of fused-ring (bicyclic) bond motifs is 1. The van der Waals surface area contributed by atoms with E-state index in [1.807, 2.05) is 0 Å². The van der Waals surface area contributed by atoms with Crippen LogP contribution in [0.5, 0.6) is 0 Å². The lowest BCUT2D eigenvalue weighted by molar-refractivity contribution is -0.819. The Morgan fingerprint density at radius 2 is 1.82 bits per heavy atom. The highest BCUT2D eigenvalue weighted by Gasteiger charge is 2.45. The molecule has 1 aromatic rings. The first kappa shape index (κ1) is 14.9. The zero-order valence-electron chi connectivity index (χ0n) is 11.8. The van der Waals surface area contributed by atoms with E-state index >= 15 is 0 Å². The van der Waals surface area contributed by atoms with Crippen LogP contribution in [-0.2, 0) is 6.18 Å².